The molecule has 0 saturated carbocycles. The molecule has 0 aliphatic carbocycles. The van der Waals surface area contributed by atoms with Gasteiger partial charge in [-0.15, -0.1) is 0 Å². The van der Waals surface area contributed by atoms with Crippen LogP contribution in [0.5, 0.6) is 0 Å². The predicted molar refractivity (Wildman–Crippen MR) is 109 cm³/mol. The van der Waals surface area contributed by atoms with Gasteiger partial charge in [0.05, 0.1) is 24.7 Å². The standard InChI is InChI=1S/C23H34O5/c1-17(6-5-7-19-11-13-27-16-19)14-20(26-4)15-18(2)8-9-21(24)23(3)12-10-22(25)28-23/h6,11,13,15-16,20-21,24H,5,7-10,12,14H2,1-4H3/b17-6+,18-15+/t20-,21-,23+/m1/s1. The summed E-state index contributed by atoms with van der Waals surface area (Å²) in [6.45, 7) is 6.00. The molecule has 2 heterocycles. The minimum absolute atomic E-state index is 0.0159. The van der Waals surface area contributed by atoms with Gasteiger partial charge < -0.3 is 19.0 Å². The molecule has 1 fully saturated rings. The Morgan fingerprint density at radius 3 is 2.79 bits per heavy atom. The van der Waals surface area contributed by atoms with E-state index < -0.39 is 11.7 Å². The minimum Gasteiger partial charge on any atom is -0.472 e. The molecule has 1 aromatic rings. The number of hydrogen-bond donors (Lipinski definition) is 1. The highest BCUT2D eigenvalue weighted by Gasteiger charge is 2.41. The molecule has 156 valence electrons. The van der Waals surface area contributed by atoms with Crippen LogP contribution in [0.15, 0.2) is 46.3 Å². The number of carbonyl (C=O) groups is 1. The minimum atomic E-state index is -0.744. The number of furan rings is 1. The third-order valence-electron chi connectivity index (χ3n) is 5.49. The maximum Gasteiger partial charge on any atom is 0.306 e. The Bertz CT molecular complexity index is 673. The van der Waals surface area contributed by atoms with Crippen molar-refractivity contribution >= 4 is 5.97 Å². The Hall–Kier alpha value is -1.85. The smallest absolute Gasteiger partial charge is 0.306 e. The second kappa shape index (κ2) is 10.6. The summed E-state index contributed by atoms with van der Waals surface area (Å²) < 4.78 is 16.0. The lowest BCUT2D eigenvalue weighted by Gasteiger charge is -2.28. The summed E-state index contributed by atoms with van der Waals surface area (Å²) in [4.78, 5) is 11.4. The van der Waals surface area contributed by atoms with Gasteiger partial charge in [0.2, 0.25) is 0 Å². The quantitative estimate of drug-likeness (QED) is 0.436. The van der Waals surface area contributed by atoms with Crippen LogP contribution in [0.25, 0.3) is 0 Å². The summed E-state index contributed by atoms with van der Waals surface area (Å²) in [6.07, 6.45) is 12.3. The topological polar surface area (TPSA) is 68.9 Å². The molecule has 2 rings (SSSR count). The second-order valence-electron chi connectivity index (χ2n) is 8.05. The summed E-state index contributed by atoms with van der Waals surface area (Å²) in [6, 6.07) is 1.99. The van der Waals surface area contributed by atoms with Crippen LogP contribution in [-0.2, 0) is 20.7 Å². The Morgan fingerprint density at radius 2 is 2.18 bits per heavy atom. The van der Waals surface area contributed by atoms with Crippen LogP contribution in [0, 0.1) is 0 Å². The number of aliphatic hydroxyl groups excluding tert-OH is 1. The van der Waals surface area contributed by atoms with Crippen LogP contribution in [0.2, 0.25) is 0 Å². The number of rotatable bonds is 11. The number of allylic oxidation sites excluding steroid dienone is 2. The molecular formula is C23H34O5. The van der Waals surface area contributed by atoms with Crippen molar-refractivity contribution in [3.63, 3.8) is 0 Å². The van der Waals surface area contributed by atoms with Gasteiger partial charge in [0.15, 0.2) is 0 Å². The Labute approximate surface area is 168 Å². The fraction of sp³-hybridized carbons (Fsp3) is 0.609. The molecule has 0 amide bonds. The number of cyclic esters (lactones) is 1. The molecule has 0 aromatic carbocycles. The summed E-state index contributed by atoms with van der Waals surface area (Å²) in [5, 5.41) is 10.4. The molecular weight excluding hydrogens is 356 g/mol. The predicted octanol–water partition coefficient (Wildman–Crippen LogP) is 4.75. The summed E-state index contributed by atoms with van der Waals surface area (Å²) in [5.41, 5.74) is 2.94. The normalized spacial score (nSPS) is 23.0. The van der Waals surface area contributed by atoms with Crippen molar-refractivity contribution in [2.24, 2.45) is 0 Å². The first-order chi connectivity index (χ1) is 13.3. The molecule has 0 spiro atoms. The van der Waals surface area contributed by atoms with Crippen LogP contribution >= 0.6 is 0 Å². The maximum atomic E-state index is 11.4. The van der Waals surface area contributed by atoms with Crippen LogP contribution in [0.4, 0.5) is 0 Å². The number of carbonyl (C=O) groups excluding carboxylic acids is 1. The lowest BCUT2D eigenvalue weighted by Crippen LogP contribution is -2.39. The Kier molecular flexibility index (Phi) is 8.52. The van der Waals surface area contributed by atoms with E-state index in [-0.39, 0.29) is 12.1 Å². The molecule has 5 nitrogen and oxygen atoms in total. The third kappa shape index (κ3) is 6.95. The van der Waals surface area contributed by atoms with E-state index >= 15 is 0 Å². The zero-order valence-electron chi connectivity index (χ0n) is 17.6. The molecule has 28 heavy (non-hydrogen) atoms. The van der Waals surface area contributed by atoms with E-state index in [0.29, 0.717) is 19.3 Å². The number of aliphatic hydroxyl groups is 1. The SMILES string of the molecule is CO[C@@H](/C=C(\C)CC[C@@H](O)[C@]1(C)CCC(=O)O1)C/C(C)=C/CCc1ccoc1. The van der Waals surface area contributed by atoms with E-state index in [1.165, 1.54) is 16.7 Å². The summed E-state index contributed by atoms with van der Waals surface area (Å²) in [5.74, 6) is -0.219. The van der Waals surface area contributed by atoms with E-state index in [1.54, 1.807) is 19.6 Å². The van der Waals surface area contributed by atoms with Crippen molar-refractivity contribution in [2.75, 3.05) is 7.11 Å². The highest BCUT2D eigenvalue weighted by molar-refractivity contribution is 5.72. The zero-order chi connectivity index (χ0) is 20.6. The van der Waals surface area contributed by atoms with Gasteiger partial charge in [0.1, 0.15) is 5.60 Å². The van der Waals surface area contributed by atoms with Gasteiger partial charge in [0.25, 0.3) is 0 Å². The highest BCUT2D eigenvalue weighted by atomic mass is 16.6. The number of esters is 1. The van der Waals surface area contributed by atoms with Gasteiger partial charge in [0, 0.05) is 13.5 Å². The molecule has 3 atom stereocenters. The van der Waals surface area contributed by atoms with Crippen molar-refractivity contribution in [1.82, 2.24) is 0 Å². The van der Waals surface area contributed by atoms with Crippen LogP contribution in [0.1, 0.15) is 64.9 Å². The monoisotopic (exact) mass is 390 g/mol. The fourth-order valence-corrected chi connectivity index (χ4v) is 3.55. The zero-order valence-corrected chi connectivity index (χ0v) is 17.6. The van der Waals surface area contributed by atoms with Gasteiger partial charge in [-0.1, -0.05) is 23.3 Å². The number of aryl methyl sites for hydroxylation is 1. The van der Waals surface area contributed by atoms with Crippen molar-refractivity contribution in [3.05, 3.63) is 47.5 Å². The lowest BCUT2D eigenvalue weighted by molar-refractivity contribution is -0.156. The van der Waals surface area contributed by atoms with Crippen molar-refractivity contribution in [2.45, 2.75) is 83.5 Å². The third-order valence-corrected chi connectivity index (χ3v) is 5.49. The molecule has 0 unspecified atom stereocenters. The second-order valence-corrected chi connectivity index (χ2v) is 8.05. The Balaban J connectivity index is 1.79. The van der Waals surface area contributed by atoms with Crippen molar-refractivity contribution in [3.8, 4) is 0 Å². The van der Waals surface area contributed by atoms with Gasteiger partial charge in [-0.3, -0.25) is 4.79 Å². The number of hydrogen-bond acceptors (Lipinski definition) is 5. The maximum absolute atomic E-state index is 11.4. The van der Waals surface area contributed by atoms with Gasteiger partial charge in [-0.2, -0.15) is 0 Å². The average Bonchev–Trinajstić information content (AvgIpc) is 3.29. The van der Waals surface area contributed by atoms with E-state index in [0.717, 1.165) is 25.7 Å². The first kappa shape index (κ1) is 22.4. The first-order valence-electron chi connectivity index (χ1n) is 10.1. The number of methoxy groups -OCH3 is 1. The first-order valence-corrected chi connectivity index (χ1v) is 10.1. The Morgan fingerprint density at radius 1 is 1.39 bits per heavy atom. The van der Waals surface area contributed by atoms with Crippen LogP contribution < -0.4 is 0 Å². The molecule has 5 heteroatoms. The molecule has 1 aliphatic rings. The number of ether oxygens (including phenoxy) is 2. The highest BCUT2D eigenvalue weighted by Crippen LogP contribution is 2.32. The molecule has 0 bridgehead atoms. The van der Waals surface area contributed by atoms with Gasteiger partial charge in [-0.25, -0.2) is 0 Å². The summed E-state index contributed by atoms with van der Waals surface area (Å²) >= 11 is 0. The van der Waals surface area contributed by atoms with E-state index in [9.17, 15) is 9.90 Å². The average molecular weight is 391 g/mol. The van der Waals surface area contributed by atoms with Crippen LogP contribution in [0.3, 0.4) is 0 Å². The molecule has 1 saturated heterocycles. The molecule has 1 aromatic heterocycles. The fourth-order valence-electron chi connectivity index (χ4n) is 3.55. The molecule has 0 radical (unpaired) electrons. The van der Waals surface area contributed by atoms with Gasteiger partial charge in [-0.05, 0) is 70.9 Å². The van der Waals surface area contributed by atoms with Crippen LogP contribution in [-0.4, -0.2) is 36.0 Å². The van der Waals surface area contributed by atoms with E-state index in [1.807, 2.05) is 13.0 Å². The van der Waals surface area contributed by atoms with Crippen molar-refractivity contribution in [1.29, 1.82) is 0 Å². The van der Waals surface area contributed by atoms with E-state index in [4.69, 9.17) is 13.9 Å². The molecule has 1 aliphatic heterocycles. The van der Waals surface area contributed by atoms with Crippen molar-refractivity contribution < 1.29 is 23.8 Å². The largest absolute Gasteiger partial charge is 0.472 e. The molecule has 1 N–H and O–H groups in total. The summed E-state index contributed by atoms with van der Waals surface area (Å²) in [7, 11) is 1.72. The lowest BCUT2D eigenvalue weighted by atomic mass is 9.91. The van der Waals surface area contributed by atoms with Gasteiger partial charge >= 0.3 is 5.97 Å². The van der Waals surface area contributed by atoms with E-state index in [2.05, 4.69) is 26.0 Å².